The lowest BCUT2D eigenvalue weighted by Gasteiger charge is -2.21. The van der Waals surface area contributed by atoms with Crippen LogP contribution in [0.4, 0.5) is 0 Å². The zero-order chi connectivity index (χ0) is 22.2. The molecule has 0 radical (unpaired) electrons. The van der Waals surface area contributed by atoms with Gasteiger partial charge in [0.1, 0.15) is 0 Å². The molecule has 0 spiro atoms. The minimum atomic E-state index is 0. The van der Waals surface area contributed by atoms with Gasteiger partial charge in [-0.1, -0.05) is 62.4 Å². The smallest absolute Gasteiger partial charge is 0.222 e. The Balaban J connectivity index is 0.00000363. The van der Waals surface area contributed by atoms with Crippen molar-refractivity contribution in [3.05, 3.63) is 70.8 Å². The first kappa shape index (κ1) is 26.2. The number of rotatable bonds is 8. The van der Waals surface area contributed by atoms with Gasteiger partial charge < -0.3 is 15.5 Å². The number of carbonyl (C=O) groups is 1. The quantitative estimate of drug-likeness (QED) is 0.276. The van der Waals surface area contributed by atoms with Crippen molar-refractivity contribution in [3.63, 3.8) is 0 Å². The Morgan fingerprint density at radius 3 is 2.34 bits per heavy atom. The average Bonchev–Trinajstić information content (AvgIpc) is 3.16. The molecule has 0 bridgehead atoms. The van der Waals surface area contributed by atoms with Crippen LogP contribution >= 0.6 is 24.0 Å². The number of benzene rings is 2. The van der Waals surface area contributed by atoms with E-state index in [1.165, 1.54) is 22.3 Å². The molecular formula is C26H37IN4O. The summed E-state index contributed by atoms with van der Waals surface area (Å²) in [6, 6.07) is 17.3. The molecule has 0 aromatic heterocycles. The minimum Gasteiger partial charge on any atom is -0.352 e. The molecule has 1 amide bonds. The molecule has 32 heavy (non-hydrogen) atoms. The molecule has 0 aliphatic carbocycles. The summed E-state index contributed by atoms with van der Waals surface area (Å²) in [5.41, 5.74) is 5.00. The lowest BCUT2D eigenvalue weighted by molar-refractivity contribution is -0.128. The standard InChI is InChI=1S/C26H36N4O.HI/c1-19(2)16-21-11-13-22(14-12-21)20(3)29-26(27-4)28-17-23-8-5-6-9-24(23)18-30-15-7-10-25(30)31;/h5-6,8-9,11-14,19-20H,7,10,15-18H2,1-4H3,(H2,27,28,29);1H. The second kappa shape index (κ2) is 12.8. The van der Waals surface area contributed by atoms with Crippen LogP contribution in [-0.4, -0.2) is 30.4 Å². The van der Waals surface area contributed by atoms with Crippen molar-refractivity contribution < 1.29 is 4.79 Å². The van der Waals surface area contributed by atoms with Crippen LogP contribution < -0.4 is 10.6 Å². The van der Waals surface area contributed by atoms with Gasteiger partial charge >= 0.3 is 0 Å². The predicted octanol–water partition coefficient (Wildman–Crippen LogP) is 5.05. The third-order valence-electron chi connectivity index (χ3n) is 5.80. The number of likely N-dealkylation sites (tertiary alicyclic amines) is 1. The molecule has 1 atom stereocenters. The van der Waals surface area contributed by atoms with Crippen molar-refractivity contribution in [2.24, 2.45) is 10.9 Å². The molecule has 1 fully saturated rings. The van der Waals surface area contributed by atoms with Crippen LogP contribution in [0.5, 0.6) is 0 Å². The zero-order valence-electron chi connectivity index (χ0n) is 19.7. The maximum absolute atomic E-state index is 12.0. The molecule has 3 rings (SSSR count). The van der Waals surface area contributed by atoms with Gasteiger partial charge in [-0.05, 0) is 47.9 Å². The highest BCUT2D eigenvalue weighted by atomic mass is 127. The Morgan fingerprint density at radius 2 is 1.75 bits per heavy atom. The highest BCUT2D eigenvalue weighted by Crippen LogP contribution is 2.18. The lowest BCUT2D eigenvalue weighted by atomic mass is 10.00. The van der Waals surface area contributed by atoms with Crippen molar-refractivity contribution in [1.29, 1.82) is 0 Å². The number of carbonyl (C=O) groups excluding carboxylic acids is 1. The van der Waals surface area contributed by atoms with Crippen molar-refractivity contribution in [1.82, 2.24) is 15.5 Å². The Kier molecular flexibility index (Phi) is 10.5. The third-order valence-corrected chi connectivity index (χ3v) is 5.80. The normalized spacial score (nSPS) is 15.0. The number of nitrogens with one attached hydrogen (secondary N) is 2. The fraction of sp³-hybridized carbons (Fsp3) is 0.462. The number of halogens is 1. The SMILES string of the molecule is CN=C(NCc1ccccc1CN1CCCC1=O)NC(C)c1ccc(CC(C)C)cc1.I. The summed E-state index contributed by atoms with van der Waals surface area (Å²) in [4.78, 5) is 18.4. The van der Waals surface area contributed by atoms with Gasteiger partial charge in [0.2, 0.25) is 5.91 Å². The van der Waals surface area contributed by atoms with E-state index in [0.29, 0.717) is 25.4 Å². The van der Waals surface area contributed by atoms with Crippen LogP contribution in [0.1, 0.15) is 61.9 Å². The Labute approximate surface area is 210 Å². The van der Waals surface area contributed by atoms with Crippen LogP contribution in [0.3, 0.4) is 0 Å². The summed E-state index contributed by atoms with van der Waals surface area (Å²) < 4.78 is 0. The van der Waals surface area contributed by atoms with E-state index in [0.717, 1.165) is 25.3 Å². The highest BCUT2D eigenvalue weighted by molar-refractivity contribution is 14.0. The second-order valence-electron chi connectivity index (χ2n) is 8.82. The molecule has 0 saturated carbocycles. The van der Waals surface area contributed by atoms with E-state index in [9.17, 15) is 4.79 Å². The van der Waals surface area contributed by atoms with Crippen LogP contribution in [0.25, 0.3) is 0 Å². The van der Waals surface area contributed by atoms with E-state index in [1.54, 1.807) is 7.05 Å². The Morgan fingerprint density at radius 1 is 1.06 bits per heavy atom. The molecule has 1 saturated heterocycles. The summed E-state index contributed by atoms with van der Waals surface area (Å²) in [6.45, 7) is 8.85. The van der Waals surface area contributed by atoms with Crippen molar-refractivity contribution in [3.8, 4) is 0 Å². The van der Waals surface area contributed by atoms with E-state index in [4.69, 9.17) is 0 Å². The highest BCUT2D eigenvalue weighted by Gasteiger charge is 2.21. The second-order valence-corrected chi connectivity index (χ2v) is 8.82. The van der Waals surface area contributed by atoms with E-state index in [1.807, 2.05) is 17.0 Å². The summed E-state index contributed by atoms with van der Waals surface area (Å²) in [5, 5.41) is 6.92. The topological polar surface area (TPSA) is 56.7 Å². The minimum absolute atomic E-state index is 0. The van der Waals surface area contributed by atoms with E-state index < -0.39 is 0 Å². The fourth-order valence-electron chi connectivity index (χ4n) is 4.04. The van der Waals surface area contributed by atoms with Crippen LogP contribution in [0, 0.1) is 5.92 Å². The summed E-state index contributed by atoms with van der Waals surface area (Å²) in [5.74, 6) is 1.69. The van der Waals surface area contributed by atoms with E-state index in [-0.39, 0.29) is 35.9 Å². The van der Waals surface area contributed by atoms with Gasteiger partial charge in [0.25, 0.3) is 0 Å². The molecule has 2 aromatic rings. The first-order valence-corrected chi connectivity index (χ1v) is 11.4. The third kappa shape index (κ3) is 7.50. The number of nitrogens with zero attached hydrogens (tertiary/aromatic N) is 2. The van der Waals surface area contributed by atoms with Crippen LogP contribution in [0.2, 0.25) is 0 Å². The molecule has 2 aromatic carbocycles. The molecule has 1 unspecified atom stereocenters. The van der Waals surface area contributed by atoms with Gasteiger partial charge in [-0.25, -0.2) is 0 Å². The Hall–Kier alpha value is -2.09. The van der Waals surface area contributed by atoms with Gasteiger partial charge in [0.05, 0.1) is 6.04 Å². The van der Waals surface area contributed by atoms with Gasteiger partial charge in [-0.3, -0.25) is 9.79 Å². The van der Waals surface area contributed by atoms with Gasteiger partial charge in [0, 0.05) is 33.1 Å². The summed E-state index contributed by atoms with van der Waals surface area (Å²) in [6.07, 6.45) is 2.74. The summed E-state index contributed by atoms with van der Waals surface area (Å²) in [7, 11) is 1.79. The molecule has 1 aliphatic rings. The first-order valence-electron chi connectivity index (χ1n) is 11.4. The number of hydrogen-bond donors (Lipinski definition) is 2. The fourth-order valence-corrected chi connectivity index (χ4v) is 4.04. The van der Waals surface area contributed by atoms with Gasteiger partial charge in [-0.2, -0.15) is 0 Å². The predicted molar refractivity (Wildman–Crippen MR) is 143 cm³/mol. The number of guanidine groups is 1. The number of aliphatic imine (C=N–C) groups is 1. The molecule has 1 aliphatic heterocycles. The largest absolute Gasteiger partial charge is 0.352 e. The molecule has 2 N–H and O–H groups in total. The molecule has 5 nitrogen and oxygen atoms in total. The monoisotopic (exact) mass is 548 g/mol. The average molecular weight is 549 g/mol. The maximum Gasteiger partial charge on any atom is 0.222 e. The van der Waals surface area contributed by atoms with Gasteiger partial charge in [0.15, 0.2) is 5.96 Å². The lowest BCUT2D eigenvalue weighted by Crippen LogP contribution is -2.38. The van der Waals surface area contributed by atoms with E-state index in [2.05, 4.69) is 72.8 Å². The molecule has 6 heteroatoms. The van der Waals surface area contributed by atoms with Crippen molar-refractivity contribution in [2.75, 3.05) is 13.6 Å². The van der Waals surface area contributed by atoms with Crippen LogP contribution in [0.15, 0.2) is 53.5 Å². The first-order chi connectivity index (χ1) is 15.0. The Bertz CT molecular complexity index is 895. The zero-order valence-corrected chi connectivity index (χ0v) is 22.1. The molecular weight excluding hydrogens is 511 g/mol. The van der Waals surface area contributed by atoms with Crippen molar-refractivity contribution >= 4 is 35.8 Å². The van der Waals surface area contributed by atoms with Crippen molar-refractivity contribution in [2.45, 2.75) is 59.2 Å². The molecule has 174 valence electrons. The number of amides is 1. The molecule has 1 heterocycles. The van der Waals surface area contributed by atoms with E-state index >= 15 is 0 Å². The van der Waals surface area contributed by atoms with Gasteiger partial charge in [-0.15, -0.1) is 24.0 Å². The number of hydrogen-bond acceptors (Lipinski definition) is 2. The summed E-state index contributed by atoms with van der Waals surface area (Å²) >= 11 is 0. The maximum atomic E-state index is 12.0. The van der Waals surface area contributed by atoms with Crippen LogP contribution in [-0.2, 0) is 24.3 Å².